The van der Waals surface area contributed by atoms with Crippen molar-refractivity contribution in [2.75, 3.05) is 39.3 Å². The van der Waals surface area contributed by atoms with Gasteiger partial charge in [-0.3, -0.25) is 9.69 Å². The van der Waals surface area contributed by atoms with Crippen molar-refractivity contribution in [3.8, 4) is 0 Å². The Bertz CT molecular complexity index is 311. The number of amides is 1. The lowest BCUT2D eigenvalue weighted by Crippen LogP contribution is -2.45. The maximum atomic E-state index is 11.6. The molecule has 5 nitrogen and oxygen atoms in total. The highest BCUT2D eigenvalue weighted by Gasteiger charge is 2.21. The minimum Gasteiger partial charge on any atom is -0.373 e. The molecule has 1 saturated carbocycles. The number of carbonyl (C=O) groups excluding carboxylic acids is 1. The fraction of sp³-hybridized carbons (Fsp3) is 0.938. The Balaban J connectivity index is 1.42. The van der Waals surface area contributed by atoms with E-state index in [0.29, 0.717) is 18.8 Å². The van der Waals surface area contributed by atoms with Gasteiger partial charge in [-0.05, 0) is 58.5 Å². The molecule has 0 radical (unpaired) electrons. The molecule has 0 aromatic carbocycles. The first-order valence-electron chi connectivity index (χ1n) is 8.48. The topological polar surface area (TPSA) is 53.6 Å². The monoisotopic (exact) mass is 297 g/mol. The van der Waals surface area contributed by atoms with Crippen LogP contribution in [-0.2, 0) is 9.53 Å². The molecule has 122 valence electrons. The van der Waals surface area contributed by atoms with E-state index in [1.165, 1.54) is 12.8 Å². The Morgan fingerprint density at radius 1 is 1.19 bits per heavy atom. The molecule has 0 spiro atoms. The van der Waals surface area contributed by atoms with Crippen LogP contribution in [0.15, 0.2) is 0 Å². The van der Waals surface area contributed by atoms with Crippen molar-refractivity contribution in [3.63, 3.8) is 0 Å². The Labute approximate surface area is 128 Å². The lowest BCUT2D eigenvalue weighted by Gasteiger charge is -2.35. The Morgan fingerprint density at radius 3 is 2.57 bits per heavy atom. The normalized spacial score (nSPS) is 26.8. The third-order valence-electron chi connectivity index (χ3n) is 4.13. The van der Waals surface area contributed by atoms with E-state index in [-0.39, 0.29) is 5.91 Å². The van der Waals surface area contributed by atoms with E-state index < -0.39 is 0 Å². The number of ether oxygens (including phenoxy) is 1. The minimum atomic E-state index is 0.129. The third kappa shape index (κ3) is 7.25. The predicted octanol–water partition coefficient (Wildman–Crippen LogP) is 0.992. The molecular weight excluding hydrogens is 266 g/mol. The molecule has 2 N–H and O–H groups in total. The quantitative estimate of drug-likeness (QED) is 0.623. The van der Waals surface area contributed by atoms with Crippen LogP contribution in [0.1, 0.15) is 39.5 Å². The summed E-state index contributed by atoms with van der Waals surface area (Å²) in [5.74, 6) is 0.959. The number of carbonyl (C=O) groups is 1. The largest absolute Gasteiger partial charge is 0.373 e. The van der Waals surface area contributed by atoms with E-state index in [2.05, 4.69) is 29.4 Å². The van der Waals surface area contributed by atoms with Crippen molar-refractivity contribution in [3.05, 3.63) is 0 Å². The van der Waals surface area contributed by atoms with Gasteiger partial charge in [-0.1, -0.05) is 0 Å². The first-order chi connectivity index (χ1) is 10.1. The lowest BCUT2D eigenvalue weighted by molar-refractivity contribution is -0.120. The summed E-state index contributed by atoms with van der Waals surface area (Å²) < 4.78 is 5.73. The van der Waals surface area contributed by atoms with Crippen LogP contribution < -0.4 is 10.6 Å². The Kier molecular flexibility index (Phi) is 6.93. The summed E-state index contributed by atoms with van der Waals surface area (Å²) in [7, 11) is 0. The molecular formula is C16H31N3O2. The summed E-state index contributed by atoms with van der Waals surface area (Å²) in [4.78, 5) is 14.1. The van der Waals surface area contributed by atoms with Crippen molar-refractivity contribution in [1.82, 2.24) is 15.5 Å². The summed E-state index contributed by atoms with van der Waals surface area (Å²) in [6.45, 7) is 9.70. The molecule has 2 rings (SSSR count). The van der Waals surface area contributed by atoms with Gasteiger partial charge < -0.3 is 15.4 Å². The number of morpholine rings is 1. The first kappa shape index (κ1) is 16.7. The second kappa shape index (κ2) is 8.71. The molecule has 1 amide bonds. The van der Waals surface area contributed by atoms with Crippen LogP contribution in [0.4, 0.5) is 0 Å². The molecule has 1 saturated heterocycles. The molecule has 2 unspecified atom stereocenters. The highest BCUT2D eigenvalue weighted by atomic mass is 16.5. The van der Waals surface area contributed by atoms with Crippen LogP contribution in [0.3, 0.4) is 0 Å². The maximum Gasteiger partial charge on any atom is 0.233 e. The molecule has 1 aliphatic heterocycles. The van der Waals surface area contributed by atoms with Crippen LogP contribution in [0.5, 0.6) is 0 Å². The van der Waals surface area contributed by atoms with Crippen molar-refractivity contribution in [1.29, 1.82) is 0 Å². The molecule has 0 aromatic rings. The average molecular weight is 297 g/mol. The number of hydrogen-bond donors (Lipinski definition) is 2. The average Bonchev–Trinajstić information content (AvgIpc) is 3.21. The maximum absolute atomic E-state index is 11.6. The van der Waals surface area contributed by atoms with Crippen LogP contribution >= 0.6 is 0 Å². The van der Waals surface area contributed by atoms with Crippen molar-refractivity contribution in [2.24, 2.45) is 5.92 Å². The van der Waals surface area contributed by atoms with E-state index in [1.807, 2.05) is 0 Å². The van der Waals surface area contributed by atoms with Gasteiger partial charge in [0.1, 0.15) is 0 Å². The highest BCUT2D eigenvalue weighted by molar-refractivity contribution is 5.77. The van der Waals surface area contributed by atoms with E-state index in [0.717, 1.165) is 51.5 Å². The van der Waals surface area contributed by atoms with E-state index in [1.54, 1.807) is 0 Å². The molecule has 0 bridgehead atoms. The van der Waals surface area contributed by atoms with E-state index in [4.69, 9.17) is 4.74 Å². The number of unbranched alkanes of at least 4 members (excludes halogenated alkanes) is 1. The summed E-state index contributed by atoms with van der Waals surface area (Å²) in [5, 5.41) is 6.20. The molecule has 2 fully saturated rings. The van der Waals surface area contributed by atoms with Gasteiger partial charge in [-0.25, -0.2) is 0 Å². The number of nitrogens with one attached hydrogen (secondary N) is 2. The van der Waals surface area contributed by atoms with Crippen molar-refractivity contribution in [2.45, 2.75) is 51.7 Å². The summed E-state index contributed by atoms with van der Waals surface area (Å²) >= 11 is 0. The Morgan fingerprint density at radius 2 is 1.90 bits per heavy atom. The van der Waals surface area contributed by atoms with Crippen molar-refractivity contribution >= 4 is 5.91 Å². The second-order valence-electron chi connectivity index (χ2n) is 6.65. The Hall–Kier alpha value is -0.650. The van der Waals surface area contributed by atoms with E-state index in [9.17, 15) is 4.79 Å². The molecule has 1 aliphatic carbocycles. The van der Waals surface area contributed by atoms with E-state index >= 15 is 0 Å². The number of rotatable bonds is 9. The van der Waals surface area contributed by atoms with Crippen molar-refractivity contribution < 1.29 is 9.53 Å². The van der Waals surface area contributed by atoms with Crippen LogP contribution in [0, 0.1) is 5.92 Å². The first-order valence-corrected chi connectivity index (χ1v) is 8.48. The second-order valence-corrected chi connectivity index (χ2v) is 6.65. The summed E-state index contributed by atoms with van der Waals surface area (Å²) in [5.41, 5.74) is 0. The van der Waals surface area contributed by atoms with Gasteiger partial charge in [0.05, 0.1) is 18.8 Å². The van der Waals surface area contributed by atoms with Gasteiger partial charge in [0.15, 0.2) is 0 Å². The summed E-state index contributed by atoms with van der Waals surface area (Å²) in [6.07, 6.45) is 5.52. The van der Waals surface area contributed by atoms with Crippen LogP contribution in [0.2, 0.25) is 0 Å². The molecule has 2 aliphatic rings. The third-order valence-corrected chi connectivity index (χ3v) is 4.13. The van der Waals surface area contributed by atoms with Gasteiger partial charge in [0.2, 0.25) is 5.91 Å². The molecule has 1 heterocycles. The zero-order chi connectivity index (χ0) is 15.1. The summed E-state index contributed by atoms with van der Waals surface area (Å²) in [6, 6.07) is 0. The van der Waals surface area contributed by atoms with Gasteiger partial charge >= 0.3 is 0 Å². The standard InChI is InChI=1S/C16H31N3O2/c1-13-11-19(12-14(2)21-13)8-4-3-7-18-16(20)10-17-9-15-5-6-15/h13-15,17H,3-12H2,1-2H3,(H,18,20). The fourth-order valence-electron chi connectivity index (χ4n) is 2.93. The van der Waals surface area contributed by atoms with Gasteiger partial charge in [-0.2, -0.15) is 0 Å². The van der Waals surface area contributed by atoms with Crippen LogP contribution in [0.25, 0.3) is 0 Å². The minimum absolute atomic E-state index is 0.129. The van der Waals surface area contributed by atoms with Crippen LogP contribution in [-0.4, -0.2) is 62.3 Å². The fourth-order valence-corrected chi connectivity index (χ4v) is 2.93. The molecule has 0 aromatic heterocycles. The highest BCUT2D eigenvalue weighted by Crippen LogP contribution is 2.27. The zero-order valence-electron chi connectivity index (χ0n) is 13.6. The molecule has 2 atom stereocenters. The smallest absolute Gasteiger partial charge is 0.233 e. The number of nitrogens with zero attached hydrogens (tertiary/aromatic N) is 1. The van der Waals surface area contributed by atoms with Gasteiger partial charge in [-0.15, -0.1) is 0 Å². The molecule has 5 heteroatoms. The zero-order valence-corrected chi connectivity index (χ0v) is 13.6. The van der Waals surface area contributed by atoms with Gasteiger partial charge in [0, 0.05) is 19.6 Å². The van der Waals surface area contributed by atoms with Gasteiger partial charge in [0.25, 0.3) is 0 Å². The molecule has 21 heavy (non-hydrogen) atoms. The lowest BCUT2D eigenvalue weighted by atomic mass is 10.2. The predicted molar refractivity (Wildman–Crippen MR) is 84.3 cm³/mol. The number of hydrogen-bond acceptors (Lipinski definition) is 4. The SMILES string of the molecule is CC1CN(CCCCNC(=O)CNCC2CC2)CC(C)O1.